The van der Waals surface area contributed by atoms with Crippen LogP contribution in [0, 0.1) is 6.92 Å². The van der Waals surface area contributed by atoms with E-state index in [9.17, 15) is 8.42 Å². The second-order valence-corrected chi connectivity index (χ2v) is 8.18. The lowest BCUT2D eigenvalue weighted by molar-refractivity contribution is 0.445. The zero-order chi connectivity index (χ0) is 18.4. The topological polar surface area (TPSA) is 49.4 Å². The highest BCUT2D eigenvalue weighted by atomic mass is 35.5. The summed E-state index contributed by atoms with van der Waals surface area (Å²) in [6, 6.07) is 15.8. The minimum Gasteiger partial charge on any atom is -0.306 e. The summed E-state index contributed by atoms with van der Waals surface area (Å²) in [5.41, 5.74) is 3.56. The number of hydrogen-bond donors (Lipinski definition) is 1. The van der Waals surface area contributed by atoms with Gasteiger partial charge in [-0.05, 0) is 37.1 Å². The molecule has 1 atom stereocenters. The minimum absolute atomic E-state index is 0. The lowest BCUT2D eigenvalue weighted by Gasteiger charge is -2.19. The summed E-state index contributed by atoms with van der Waals surface area (Å²) in [7, 11) is -3.39. The van der Waals surface area contributed by atoms with E-state index >= 15 is 0 Å². The quantitative estimate of drug-likeness (QED) is 0.723. The van der Waals surface area contributed by atoms with Gasteiger partial charge in [0, 0.05) is 25.7 Å². The third-order valence-electron chi connectivity index (χ3n) is 4.46. The van der Waals surface area contributed by atoms with Crippen molar-refractivity contribution in [3.05, 3.63) is 65.2 Å². The normalized spacial score (nSPS) is 12.7. The first-order chi connectivity index (χ1) is 11.9. The molecule has 0 aliphatic rings. The van der Waals surface area contributed by atoms with Crippen LogP contribution >= 0.6 is 12.4 Å². The fourth-order valence-electron chi connectivity index (χ4n) is 2.74. The highest BCUT2D eigenvalue weighted by Crippen LogP contribution is 2.19. The number of halogens is 1. The van der Waals surface area contributed by atoms with Gasteiger partial charge in [0.1, 0.15) is 0 Å². The Morgan fingerprint density at radius 2 is 1.50 bits per heavy atom. The smallest absolute Gasteiger partial charge is 0.243 e. The molecule has 0 spiro atoms. The second-order valence-electron chi connectivity index (χ2n) is 6.25. The molecule has 0 aromatic heterocycles. The maximum Gasteiger partial charge on any atom is 0.243 e. The van der Waals surface area contributed by atoms with Gasteiger partial charge in [0.05, 0.1) is 4.90 Å². The average Bonchev–Trinajstić information content (AvgIpc) is 2.62. The van der Waals surface area contributed by atoms with E-state index in [2.05, 4.69) is 43.4 Å². The number of nitrogens with one attached hydrogen (secondary N) is 1. The highest BCUT2D eigenvalue weighted by molar-refractivity contribution is 7.89. The maximum absolute atomic E-state index is 12.5. The molecule has 0 saturated carbocycles. The van der Waals surface area contributed by atoms with Crippen molar-refractivity contribution in [2.45, 2.75) is 45.2 Å². The summed E-state index contributed by atoms with van der Waals surface area (Å²) in [5, 5.41) is 3.48. The van der Waals surface area contributed by atoms with Gasteiger partial charge >= 0.3 is 0 Å². The van der Waals surface area contributed by atoms with Crippen molar-refractivity contribution in [1.82, 2.24) is 9.62 Å². The largest absolute Gasteiger partial charge is 0.306 e. The Morgan fingerprint density at radius 3 is 2.00 bits per heavy atom. The number of rotatable bonds is 8. The van der Waals surface area contributed by atoms with Crippen molar-refractivity contribution in [1.29, 1.82) is 0 Å². The summed E-state index contributed by atoms with van der Waals surface area (Å²) >= 11 is 0. The van der Waals surface area contributed by atoms with Crippen LogP contribution in [0.5, 0.6) is 0 Å². The predicted octanol–water partition coefficient (Wildman–Crippen LogP) is 4.30. The number of hydrogen-bond acceptors (Lipinski definition) is 3. The zero-order valence-corrected chi connectivity index (χ0v) is 17.5. The molecule has 0 amide bonds. The van der Waals surface area contributed by atoms with Crippen molar-refractivity contribution in [3.63, 3.8) is 0 Å². The van der Waals surface area contributed by atoms with Gasteiger partial charge in [0.15, 0.2) is 0 Å². The number of aryl methyl sites for hydroxylation is 1. The number of sulfonamides is 1. The van der Waals surface area contributed by atoms with Crippen LogP contribution in [0.3, 0.4) is 0 Å². The van der Waals surface area contributed by atoms with Crippen molar-refractivity contribution >= 4 is 22.4 Å². The SMILES string of the molecule is CCN(CC)S(=O)(=O)c1ccc(C(C)NCc2ccc(C)cc2)cc1.Cl. The molecular formula is C20H29ClN2O2S. The van der Waals surface area contributed by atoms with Crippen molar-refractivity contribution < 1.29 is 8.42 Å². The Hall–Kier alpha value is -1.40. The molecule has 2 aromatic carbocycles. The molecule has 4 nitrogen and oxygen atoms in total. The lowest BCUT2D eigenvalue weighted by atomic mass is 10.1. The summed E-state index contributed by atoms with van der Waals surface area (Å²) in [6.45, 7) is 9.61. The van der Waals surface area contributed by atoms with E-state index in [0.29, 0.717) is 18.0 Å². The van der Waals surface area contributed by atoms with Crippen LogP contribution in [0.25, 0.3) is 0 Å². The minimum atomic E-state index is -3.39. The Labute approximate surface area is 164 Å². The van der Waals surface area contributed by atoms with Crippen LogP contribution < -0.4 is 5.32 Å². The number of benzene rings is 2. The molecule has 0 aliphatic heterocycles. The predicted molar refractivity (Wildman–Crippen MR) is 110 cm³/mol. The first-order valence-corrected chi connectivity index (χ1v) is 10.2. The van der Waals surface area contributed by atoms with Gasteiger partial charge in [-0.2, -0.15) is 4.31 Å². The molecule has 0 aliphatic carbocycles. The van der Waals surface area contributed by atoms with Crippen LogP contribution in [-0.4, -0.2) is 25.8 Å². The summed E-state index contributed by atoms with van der Waals surface area (Å²) in [4.78, 5) is 0.352. The summed E-state index contributed by atoms with van der Waals surface area (Å²) in [6.07, 6.45) is 0. The van der Waals surface area contributed by atoms with E-state index in [0.717, 1.165) is 12.1 Å². The van der Waals surface area contributed by atoms with Crippen molar-refractivity contribution in [2.75, 3.05) is 13.1 Å². The van der Waals surface area contributed by atoms with E-state index in [4.69, 9.17) is 0 Å². The van der Waals surface area contributed by atoms with Gasteiger partial charge in [0.25, 0.3) is 0 Å². The Kier molecular flexibility index (Phi) is 8.77. The molecule has 0 radical (unpaired) electrons. The van der Waals surface area contributed by atoms with Gasteiger partial charge in [-0.25, -0.2) is 8.42 Å². The molecule has 2 rings (SSSR count). The van der Waals surface area contributed by atoms with Gasteiger partial charge in [0.2, 0.25) is 10.0 Å². The molecular weight excluding hydrogens is 368 g/mol. The molecule has 0 bridgehead atoms. The molecule has 144 valence electrons. The first-order valence-electron chi connectivity index (χ1n) is 8.77. The zero-order valence-electron chi connectivity index (χ0n) is 15.9. The molecule has 1 N–H and O–H groups in total. The third kappa shape index (κ3) is 5.55. The summed E-state index contributed by atoms with van der Waals surface area (Å²) < 4.78 is 26.5. The molecule has 6 heteroatoms. The summed E-state index contributed by atoms with van der Waals surface area (Å²) in [5.74, 6) is 0. The van der Waals surface area contributed by atoms with Crippen LogP contribution in [0.15, 0.2) is 53.4 Å². The Bertz CT molecular complexity index is 770. The molecule has 26 heavy (non-hydrogen) atoms. The molecule has 0 heterocycles. The Balaban J connectivity index is 0.00000338. The first kappa shape index (κ1) is 22.6. The van der Waals surface area contributed by atoms with Gasteiger partial charge in [-0.1, -0.05) is 55.8 Å². The molecule has 1 unspecified atom stereocenters. The van der Waals surface area contributed by atoms with Gasteiger partial charge in [-0.3, -0.25) is 0 Å². The van der Waals surface area contributed by atoms with E-state index in [1.165, 1.54) is 15.4 Å². The van der Waals surface area contributed by atoms with Crippen LogP contribution in [0.1, 0.15) is 43.5 Å². The molecule has 0 fully saturated rings. The van der Waals surface area contributed by atoms with E-state index in [-0.39, 0.29) is 18.4 Å². The number of nitrogens with zero attached hydrogens (tertiary/aromatic N) is 1. The van der Waals surface area contributed by atoms with Gasteiger partial charge < -0.3 is 5.32 Å². The van der Waals surface area contributed by atoms with E-state index in [1.54, 1.807) is 12.1 Å². The average molecular weight is 397 g/mol. The highest BCUT2D eigenvalue weighted by Gasteiger charge is 2.21. The maximum atomic E-state index is 12.5. The van der Waals surface area contributed by atoms with Crippen LogP contribution in [0.2, 0.25) is 0 Å². The fraction of sp³-hybridized carbons (Fsp3) is 0.400. The van der Waals surface area contributed by atoms with Crippen LogP contribution in [-0.2, 0) is 16.6 Å². The van der Waals surface area contributed by atoms with Crippen LogP contribution in [0.4, 0.5) is 0 Å². The van der Waals surface area contributed by atoms with E-state index in [1.807, 2.05) is 26.0 Å². The second kappa shape index (κ2) is 10.1. The third-order valence-corrected chi connectivity index (χ3v) is 6.52. The fourth-order valence-corrected chi connectivity index (χ4v) is 4.19. The molecule has 2 aromatic rings. The Morgan fingerprint density at radius 1 is 0.962 bits per heavy atom. The standard InChI is InChI=1S/C20H28N2O2S.ClH/c1-5-22(6-2)25(23,24)20-13-11-19(12-14-20)17(4)21-15-18-9-7-16(3)8-10-18;/h7-14,17,21H,5-6,15H2,1-4H3;1H. The van der Waals surface area contributed by atoms with E-state index < -0.39 is 10.0 Å². The monoisotopic (exact) mass is 396 g/mol. The van der Waals surface area contributed by atoms with Crippen molar-refractivity contribution in [3.8, 4) is 0 Å². The lowest BCUT2D eigenvalue weighted by Crippen LogP contribution is -2.30. The molecule has 0 saturated heterocycles. The van der Waals surface area contributed by atoms with Gasteiger partial charge in [-0.15, -0.1) is 12.4 Å². The van der Waals surface area contributed by atoms with Crippen molar-refractivity contribution in [2.24, 2.45) is 0 Å².